The van der Waals surface area contributed by atoms with E-state index in [1.807, 2.05) is 0 Å². The summed E-state index contributed by atoms with van der Waals surface area (Å²) in [6, 6.07) is 1.97. The Bertz CT molecular complexity index is 208. The fourth-order valence-corrected chi connectivity index (χ4v) is 2.98. The van der Waals surface area contributed by atoms with Gasteiger partial charge in [-0.2, -0.15) is 0 Å². The summed E-state index contributed by atoms with van der Waals surface area (Å²) in [5.74, 6) is 0. The topological polar surface area (TPSA) is 18.5 Å². The van der Waals surface area contributed by atoms with Gasteiger partial charge in [-0.25, -0.2) is 0 Å². The van der Waals surface area contributed by atoms with Crippen LogP contribution in [0.15, 0.2) is 0 Å². The highest BCUT2D eigenvalue weighted by Crippen LogP contribution is 2.15. The van der Waals surface area contributed by atoms with Crippen LogP contribution in [0.1, 0.15) is 40.5 Å². The third-order valence-corrected chi connectivity index (χ3v) is 4.08. The second-order valence-corrected chi connectivity index (χ2v) is 5.56. The van der Waals surface area contributed by atoms with Crippen LogP contribution in [0, 0.1) is 0 Å². The van der Waals surface area contributed by atoms with E-state index in [2.05, 4.69) is 49.9 Å². The SMILES string of the molecule is CCCNC(CC)C(C)N1CCN(C)CC1C. The van der Waals surface area contributed by atoms with Crippen LogP contribution in [-0.4, -0.2) is 61.2 Å². The molecule has 1 aliphatic rings. The van der Waals surface area contributed by atoms with Crippen LogP contribution in [0.25, 0.3) is 0 Å². The van der Waals surface area contributed by atoms with Gasteiger partial charge in [0.15, 0.2) is 0 Å². The number of piperazine rings is 1. The predicted molar refractivity (Wildman–Crippen MR) is 75.5 cm³/mol. The van der Waals surface area contributed by atoms with Crippen LogP contribution in [0.2, 0.25) is 0 Å². The van der Waals surface area contributed by atoms with Crippen LogP contribution in [0.3, 0.4) is 0 Å². The monoisotopic (exact) mass is 241 g/mol. The molecule has 1 N–H and O–H groups in total. The molecule has 0 amide bonds. The zero-order valence-corrected chi connectivity index (χ0v) is 12.4. The van der Waals surface area contributed by atoms with Crippen LogP contribution in [0.4, 0.5) is 0 Å². The highest BCUT2D eigenvalue weighted by molar-refractivity contribution is 4.87. The van der Waals surface area contributed by atoms with Gasteiger partial charge >= 0.3 is 0 Å². The predicted octanol–water partition coefficient (Wildman–Crippen LogP) is 1.79. The van der Waals surface area contributed by atoms with Crippen LogP contribution in [-0.2, 0) is 0 Å². The highest BCUT2D eigenvalue weighted by atomic mass is 15.3. The first kappa shape index (κ1) is 14.9. The van der Waals surface area contributed by atoms with E-state index in [0.29, 0.717) is 18.1 Å². The van der Waals surface area contributed by atoms with Crippen molar-refractivity contribution in [2.45, 2.75) is 58.7 Å². The molecular formula is C14H31N3. The summed E-state index contributed by atoms with van der Waals surface area (Å²) in [6.07, 6.45) is 2.45. The molecule has 0 saturated carbocycles. The molecule has 17 heavy (non-hydrogen) atoms. The van der Waals surface area contributed by atoms with E-state index in [1.54, 1.807) is 0 Å². The Morgan fingerprint density at radius 2 is 2.00 bits per heavy atom. The van der Waals surface area contributed by atoms with Gasteiger partial charge in [0.05, 0.1) is 0 Å². The third-order valence-electron chi connectivity index (χ3n) is 4.08. The van der Waals surface area contributed by atoms with Crippen molar-refractivity contribution < 1.29 is 0 Å². The van der Waals surface area contributed by atoms with E-state index < -0.39 is 0 Å². The van der Waals surface area contributed by atoms with Gasteiger partial charge in [-0.1, -0.05) is 13.8 Å². The van der Waals surface area contributed by atoms with Crippen molar-refractivity contribution in [2.24, 2.45) is 0 Å². The minimum Gasteiger partial charge on any atom is -0.312 e. The Morgan fingerprint density at radius 1 is 1.29 bits per heavy atom. The van der Waals surface area contributed by atoms with Gasteiger partial charge in [0.2, 0.25) is 0 Å². The first-order valence-corrected chi connectivity index (χ1v) is 7.27. The lowest BCUT2D eigenvalue weighted by atomic mass is 10.0. The molecule has 3 nitrogen and oxygen atoms in total. The van der Waals surface area contributed by atoms with E-state index in [1.165, 1.54) is 32.5 Å². The van der Waals surface area contributed by atoms with Crippen molar-refractivity contribution >= 4 is 0 Å². The normalized spacial score (nSPS) is 27.0. The molecule has 0 aromatic carbocycles. The number of hydrogen-bond acceptors (Lipinski definition) is 3. The average Bonchev–Trinajstić information content (AvgIpc) is 2.29. The van der Waals surface area contributed by atoms with Crippen molar-refractivity contribution in [3.05, 3.63) is 0 Å². The summed E-state index contributed by atoms with van der Waals surface area (Å²) < 4.78 is 0. The van der Waals surface area contributed by atoms with Gasteiger partial charge in [0, 0.05) is 37.8 Å². The van der Waals surface area contributed by atoms with Crippen molar-refractivity contribution in [2.75, 3.05) is 33.2 Å². The molecule has 102 valence electrons. The molecule has 1 heterocycles. The number of rotatable bonds is 6. The van der Waals surface area contributed by atoms with Gasteiger partial charge in [-0.15, -0.1) is 0 Å². The smallest absolute Gasteiger partial charge is 0.0224 e. The molecule has 1 aliphatic heterocycles. The molecule has 1 saturated heterocycles. The van der Waals surface area contributed by atoms with Gasteiger partial charge < -0.3 is 10.2 Å². The Hall–Kier alpha value is -0.120. The fraction of sp³-hybridized carbons (Fsp3) is 1.00. The first-order valence-electron chi connectivity index (χ1n) is 7.27. The van der Waals surface area contributed by atoms with E-state index in [-0.39, 0.29) is 0 Å². The number of nitrogens with one attached hydrogen (secondary N) is 1. The maximum Gasteiger partial charge on any atom is 0.0224 e. The Morgan fingerprint density at radius 3 is 2.53 bits per heavy atom. The number of likely N-dealkylation sites (N-methyl/N-ethyl adjacent to an activating group) is 1. The van der Waals surface area contributed by atoms with E-state index in [9.17, 15) is 0 Å². The summed E-state index contributed by atoms with van der Waals surface area (Å²) in [5.41, 5.74) is 0. The average molecular weight is 241 g/mol. The maximum absolute atomic E-state index is 3.69. The Labute approximate surface area is 108 Å². The van der Waals surface area contributed by atoms with E-state index >= 15 is 0 Å². The molecule has 3 heteroatoms. The summed E-state index contributed by atoms with van der Waals surface area (Å²) in [5, 5.41) is 3.69. The van der Waals surface area contributed by atoms with Crippen LogP contribution in [0.5, 0.6) is 0 Å². The lowest BCUT2D eigenvalue weighted by molar-refractivity contribution is 0.0514. The summed E-state index contributed by atoms with van der Waals surface area (Å²) in [7, 11) is 2.23. The van der Waals surface area contributed by atoms with Crippen molar-refractivity contribution in [1.82, 2.24) is 15.1 Å². The van der Waals surface area contributed by atoms with Crippen molar-refractivity contribution in [1.29, 1.82) is 0 Å². The first-order chi connectivity index (χ1) is 8.10. The Balaban J connectivity index is 2.51. The molecule has 3 atom stereocenters. The molecule has 0 aliphatic carbocycles. The molecule has 0 bridgehead atoms. The highest BCUT2D eigenvalue weighted by Gasteiger charge is 2.29. The van der Waals surface area contributed by atoms with Gasteiger partial charge in [-0.05, 0) is 40.3 Å². The van der Waals surface area contributed by atoms with Gasteiger partial charge in [0.25, 0.3) is 0 Å². The lowest BCUT2D eigenvalue weighted by Crippen LogP contribution is -2.58. The number of hydrogen-bond donors (Lipinski definition) is 1. The molecule has 0 spiro atoms. The molecule has 1 rings (SSSR count). The molecule has 1 fully saturated rings. The minimum atomic E-state index is 0.640. The summed E-state index contributed by atoms with van der Waals surface area (Å²) in [4.78, 5) is 5.12. The second kappa shape index (κ2) is 7.34. The van der Waals surface area contributed by atoms with Gasteiger partial charge in [-0.3, -0.25) is 4.90 Å². The maximum atomic E-state index is 3.69. The quantitative estimate of drug-likeness (QED) is 0.765. The molecule has 3 unspecified atom stereocenters. The Kier molecular flexibility index (Phi) is 6.45. The third kappa shape index (κ3) is 4.23. The van der Waals surface area contributed by atoms with Gasteiger partial charge in [0.1, 0.15) is 0 Å². The number of nitrogens with zero attached hydrogens (tertiary/aromatic N) is 2. The lowest BCUT2D eigenvalue weighted by Gasteiger charge is -2.44. The zero-order chi connectivity index (χ0) is 12.8. The molecule has 0 aromatic rings. The molecule has 0 aromatic heterocycles. The summed E-state index contributed by atoms with van der Waals surface area (Å²) in [6.45, 7) is 14.0. The van der Waals surface area contributed by atoms with E-state index in [0.717, 1.165) is 6.54 Å². The van der Waals surface area contributed by atoms with Crippen molar-refractivity contribution in [3.63, 3.8) is 0 Å². The molecule has 0 radical (unpaired) electrons. The largest absolute Gasteiger partial charge is 0.312 e. The fourth-order valence-electron chi connectivity index (χ4n) is 2.98. The van der Waals surface area contributed by atoms with Crippen LogP contribution < -0.4 is 5.32 Å². The summed E-state index contributed by atoms with van der Waals surface area (Å²) >= 11 is 0. The second-order valence-electron chi connectivity index (χ2n) is 5.56. The minimum absolute atomic E-state index is 0.640. The van der Waals surface area contributed by atoms with E-state index in [4.69, 9.17) is 0 Å². The van der Waals surface area contributed by atoms with Crippen LogP contribution >= 0.6 is 0 Å². The molecular weight excluding hydrogens is 210 g/mol. The van der Waals surface area contributed by atoms with Crippen molar-refractivity contribution in [3.8, 4) is 0 Å². The zero-order valence-electron chi connectivity index (χ0n) is 12.4. The standard InChI is InChI=1S/C14H31N3/c1-6-8-15-14(7-2)13(4)17-10-9-16(5)11-12(17)3/h12-15H,6-11H2,1-5H3.